The number of hydrogen-bond acceptors (Lipinski definition) is 4. The quantitative estimate of drug-likeness (QED) is 0.497. The lowest BCUT2D eigenvalue weighted by Gasteiger charge is -2.33. The van der Waals surface area contributed by atoms with Crippen LogP contribution in [0.3, 0.4) is 0 Å². The Hall–Kier alpha value is -2.58. The van der Waals surface area contributed by atoms with Crippen LogP contribution < -0.4 is 9.62 Å². The molecule has 0 aliphatic heterocycles. The maximum Gasteiger partial charge on any atom is 0.244 e. The molecule has 0 heterocycles. The van der Waals surface area contributed by atoms with Crippen molar-refractivity contribution in [1.82, 2.24) is 10.2 Å². The summed E-state index contributed by atoms with van der Waals surface area (Å²) in [6.07, 6.45) is 2.20. The van der Waals surface area contributed by atoms with Crippen molar-refractivity contribution < 1.29 is 18.0 Å². The number of carbonyl (C=O) groups excluding carboxylic acids is 2. The van der Waals surface area contributed by atoms with Crippen LogP contribution in [0.4, 0.5) is 5.69 Å². The van der Waals surface area contributed by atoms with E-state index in [-0.39, 0.29) is 12.5 Å². The monoisotopic (exact) mass is 507 g/mol. The van der Waals surface area contributed by atoms with Crippen LogP contribution in [0.1, 0.15) is 43.4 Å². The lowest BCUT2D eigenvalue weighted by Crippen LogP contribution is -2.52. The second kappa shape index (κ2) is 12.2. The summed E-state index contributed by atoms with van der Waals surface area (Å²) in [5, 5.41) is 3.32. The minimum atomic E-state index is -3.77. The summed E-state index contributed by atoms with van der Waals surface area (Å²) < 4.78 is 26.5. The maximum atomic E-state index is 13.6. The highest BCUT2D eigenvalue weighted by Gasteiger charge is 2.32. The standard InChI is InChI=1S/C25H34ClN3O4S/c1-6-12-27-25(31)23(7-2)28(16-20-10-8-9-11-22(20)26)24(30)17-29(34(5,32)33)21-14-18(3)13-19(4)15-21/h8-11,13-15,23H,6-7,12,16-17H2,1-5H3,(H,27,31)/t23-/m0/s1. The molecule has 9 heteroatoms. The van der Waals surface area contributed by atoms with Gasteiger partial charge in [-0.25, -0.2) is 8.42 Å². The summed E-state index contributed by atoms with van der Waals surface area (Å²) in [4.78, 5) is 28.0. The van der Waals surface area contributed by atoms with E-state index in [1.165, 1.54) is 4.90 Å². The van der Waals surface area contributed by atoms with E-state index >= 15 is 0 Å². The van der Waals surface area contributed by atoms with Gasteiger partial charge in [0.25, 0.3) is 0 Å². The minimum Gasteiger partial charge on any atom is -0.354 e. The molecule has 2 amide bonds. The Labute approximate surface area is 208 Å². The lowest BCUT2D eigenvalue weighted by molar-refractivity contribution is -0.140. The van der Waals surface area contributed by atoms with Crippen LogP contribution in [0.15, 0.2) is 42.5 Å². The van der Waals surface area contributed by atoms with Gasteiger partial charge in [-0.2, -0.15) is 0 Å². The first-order chi connectivity index (χ1) is 16.0. The normalized spacial score (nSPS) is 12.2. The molecule has 0 aliphatic carbocycles. The summed E-state index contributed by atoms with van der Waals surface area (Å²) in [6.45, 7) is 7.65. The molecule has 0 radical (unpaired) electrons. The van der Waals surface area contributed by atoms with Gasteiger partial charge in [0.2, 0.25) is 21.8 Å². The Morgan fingerprint density at radius 1 is 1.06 bits per heavy atom. The van der Waals surface area contributed by atoms with Gasteiger partial charge >= 0.3 is 0 Å². The third-order valence-electron chi connectivity index (χ3n) is 5.41. The van der Waals surface area contributed by atoms with Gasteiger partial charge in [0.15, 0.2) is 0 Å². The predicted molar refractivity (Wildman–Crippen MR) is 137 cm³/mol. The number of halogens is 1. The van der Waals surface area contributed by atoms with Crippen molar-refractivity contribution in [3.63, 3.8) is 0 Å². The minimum absolute atomic E-state index is 0.0843. The average Bonchev–Trinajstić information content (AvgIpc) is 2.75. The van der Waals surface area contributed by atoms with Crippen LogP contribution in [0.2, 0.25) is 5.02 Å². The molecule has 0 saturated heterocycles. The van der Waals surface area contributed by atoms with Gasteiger partial charge in [0.05, 0.1) is 11.9 Å². The summed E-state index contributed by atoms with van der Waals surface area (Å²) in [5.41, 5.74) is 2.86. The highest BCUT2D eigenvalue weighted by Crippen LogP contribution is 2.24. The number of hydrogen-bond donors (Lipinski definition) is 1. The Kier molecular flexibility index (Phi) is 9.94. The zero-order valence-corrected chi connectivity index (χ0v) is 22.0. The molecule has 186 valence electrons. The van der Waals surface area contributed by atoms with Gasteiger partial charge < -0.3 is 10.2 Å². The van der Waals surface area contributed by atoms with Gasteiger partial charge in [-0.15, -0.1) is 0 Å². The lowest BCUT2D eigenvalue weighted by atomic mass is 10.1. The largest absolute Gasteiger partial charge is 0.354 e. The molecule has 0 aliphatic rings. The second-order valence-corrected chi connectivity index (χ2v) is 10.8. The molecule has 1 N–H and O–H groups in total. The molecule has 0 aromatic heterocycles. The third-order valence-corrected chi connectivity index (χ3v) is 6.92. The van der Waals surface area contributed by atoms with E-state index in [2.05, 4.69) is 5.32 Å². The first kappa shape index (κ1) is 27.7. The van der Waals surface area contributed by atoms with E-state index in [0.717, 1.165) is 28.1 Å². The molecule has 2 aromatic carbocycles. The van der Waals surface area contributed by atoms with Gasteiger partial charge in [-0.1, -0.05) is 49.7 Å². The van der Waals surface area contributed by atoms with Crippen LogP contribution in [0.25, 0.3) is 0 Å². The zero-order chi connectivity index (χ0) is 25.5. The van der Waals surface area contributed by atoms with Crippen molar-refractivity contribution in [3.05, 3.63) is 64.2 Å². The third kappa shape index (κ3) is 7.46. The van der Waals surface area contributed by atoms with Crippen molar-refractivity contribution >= 4 is 39.1 Å². The molecule has 0 bridgehead atoms. The van der Waals surface area contributed by atoms with E-state index in [0.29, 0.717) is 29.2 Å². The van der Waals surface area contributed by atoms with Gasteiger partial charge in [-0.05, 0) is 61.6 Å². The Balaban J connectivity index is 2.47. The average molecular weight is 508 g/mol. The van der Waals surface area contributed by atoms with Crippen LogP contribution in [-0.2, 0) is 26.2 Å². The molecule has 0 saturated carbocycles. The number of nitrogens with one attached hydrogen (secondary N) is 1. The fraction of sp³-hybridized carbons (Fsp3) is 0.440. The van der Waals surface area contributed by atoms with Crippen LogP contribution in [0.5, 0.6) is 0 Å². The van der Waals surface area contributed by atoms with Crippen molar-refractivity contribution in [3.8, 4) is 0 Å². The number of benzene rings is 2. The Bertz CT molecular complexity index is 1100. The number of nitrogens with zero attached hydrogens (tertiary/aromatic N) is 2. The highest BCUT2D eigenvalue weighted by atomic mass is 35.5. The zero-order valence-electron chi connectivity index (χ0n) is 20.5. The topological polar surface area (TPSA) is 86.8 Å². The van der Waals surface area contributed by atoms with Gasteiger partial charge in [-0.3, -0.25) is 13.9 Å². The van der Waals surface area contributed by atoms with E-state index in [1.54, 1.807) is 36.4 Å². The molecule has 7 nitrogen and oxygen atoms in total. The van der Waals surface area contributed by atoms with Crippen LogP contribution in [-0.4, -0.2) is 50.5 Å². The predicted octanol–water partition coefficient (Wildman–Crippen LogP) is 4.06. The summed E-state index contributed by atoms with van der Waals surface area (Å²) in [7, 11) is -3.77. The summed E-state index contributed by atoms with van der Waals surface area (Å²) in [6, 6.07) is 11.7. The SMILES string of the molecule is CCCNC(=O)[C@H](CC)N(Cc1ccccc1Cl)C(=O)CN(c1cc(C)cc(C)c1)S(C)(=O)=O. The summed E-state index contributed by atoms with van der Waals surface area (Å²) >= 11 is 6.35. The van der Waals surface area contributed by atoms with E-state index in [9.17, 15) is 18.0 Å². The maximum absolute atomic E-state index is 13.6. The van der Waals surface area contributed by atoms with Crippen LogP contribution >= 0.6 is 11.6 Å². The second-order valence-electron chi connectivity index (χ2n) is 8.44. The molecular formula is C25H34ClN3O4S. The molecule has 2 rings (SSSR count). The fourth-order valence-electron chi connectivity index (χ4n) is 3.80. The van der Waals surface area contributed by atoms with Crippen molar-refractivity contribution in [2.24, 2.45) is 0 Å². The first-order valence-corrected chi connectivity index (χ1v) is 13.6. The van der Waals surface area contributed by atoms with E-state index in [1.807, 2.05) is 33.8 Å². The molecule has 0 fully saturated rings. The first-order valence-electron chi connectivity index (χ1n) is 11.3. The van der Waals surface area contributed by atoms with Crippen molar-refractivity contribution in [1.29, 1.82) is 0 Å². The Morgan fingerprint density at radius 3 is 2.21 bits per heavy atom. The molecule has 34 heavy (non-hydrogen) atoms. The fourth-order valence-corrected chi connectivity index (χ4v) is 4.83. The molecular weight excluding hydrogens is 474 g/mol. The number of carbonyl (C=O) groups is 2. The number of rotatable bonds is 11. The smallest absolute Gasteiger partial charge is 0.244 e. The van der Waals surface area contributed by atoms with Gasteiger partial charge in [0.1, 0.15) is 12.6 Å². The Morgan fingerprint density at radius 2 is 1.68 bits per heavy atom. The van der Waals surface area contributed by atoms with Gasteiger partial charge in [0, 0.05) is 18.1 Å². The molecule has 1 atom stereocenters. The van der Waals surface area contributed by atoms with Crippen molar-refractivity contribution in [2.75, 3.05) is 23.7 Å². The highest BCUT2D eigenvalue weighted by molar-refractivity contribution is 7.92. The van der Waals surface area contributed by atoms with Crippen molar-refractivity contribution in [2.45, 2.75) is 53.1 Å². The molecule has 0 unspecified atom stereocenters. The number of sulfonamides is 1. The van der Waals surface area contributed by atoms with Crippen LogP contribution in [0, 0.1) is 13.8 Å². The number of aryl methyl sites for hydroxylation is 2. The molecule has 2 aromatic rings. The van der Waals surface area contributed by atoms with E-state index in [4.69, 9.17) is 11.6 Å². The number of amides is 2. The van der Waals surface area contributed by atoms with E-state index < -0.39 is 28.5 Å². The summed E-state index contributed by atoms with van der Waals surface area (Å²) in [5.74, 6) is -0.759. The number of anilines is 1. The molecule has 0 spiro atoms.